The smallest absolute Gasteiger partial charge is 0.0812 e. The molecule has 1 unspecified atom stereocenters. The monoisotopic (exact) mass is 378 g/mol. The first kappa shape index (κ1) is 13.3. The molecule has 0 aromatic carbocycles. The first-order valence-electron chi connectivity index (χ1n) is 5.16. The van der Waals surface area contributed by atoms with Gasteiger partial charge in [0.2, 0.25) is 0 Å². The lowest BCUT2D eigenvalue weighted by atomic mass is 10.1. The van der Waals surface area contributed by atoms with Crippen LogP contribution in [-0.4, -0.2) is 14.9 Å². The molecule has 0 radical (unpaired) electrons. The highest BCUT2D eigenvalue weighted by Gasteiger charge is 2.14. The molecule has 0 amide bonds. The summed E-state index contributed by atoms with van der Waals surface area (Å²) in [4.78, 5) is 0. The molecule has 0 saturated carbocycles. The lowest BCUT2D eigenvalue weighted by Crippen LogP contribution is -1.98. The molecule has 3 nitrogen and oxygen atoms in total. The van der Waals surface area contributed by atoms with Crippen molar-refractivity contribution < 1.29 is 5.11 Å². The number of hydrogen-bond acceptors (Lipinski definition) is 3. The first-order chi connectivity index (χ1) is 8.06. The summed E-state index contributed by atoms with van der Waals surface area (Å²) in [5.41, 5.74) is 2.10. The Morgan fingerprint density at radius 3 is 2.82 bits per heavy atom. The van der Waals surface area contributed by atoms with E-state index in [0.717, 1.165) is 25.1 Å². The summed E-state index contributed by atoms with van der Waals surface area (Å²) in [6.45, 7) is 0. The van der Waals surface area contributed by atoms with Crippen molar-refractivity contribution in [1.82, 2.24) is 9.78 Å². The zero-order valence-electron chi connectivity index (χ0n) is 9.23. The van der Waals surface area contributed by atoms with Gasteiger partial charge in [-0.2, -0.15) is 5.10 Å². The Morgan fingerprint density at radius 1 is 1.53 bits per heavy atom. The van der Waals surface area contributed by atoms with Gasteiger partial charge in [0, 0.05) is 18.8 Å². The molecule has 17 heavy (non-hydrogen) atoms. The van der Waals surface area contributed by atoms with Crippen LogP contribution in [0.1, 0.15) is 23.7 Å². The highest BCUT2D eigenvalue weighted by atomic mass is 79.9. The number of nitrogens with zero attached hydrogens (tertiary/aromatic N) is 2. The van der Waals surface area contributed by atoms with Crippen molar-refractivity contribution in [3.05, 3.63) is 37.2 Å². The van der Waals surface area contributed by atoms with E-state index in [4.69, 9.17) is 0 Å². The molecule has 0 aliphatic heterocycles. The largest absolute Gasteiger partial charge is 0.388 e. The second-order valence-electron chi connectivity index (χ2n) is 3.86. The van der Waals surface area contributed by atoms with Gasteiger partial charge in [-0.25, -0.2) is 0 Å². The molecule has 0 bridgehead atoms. The Bertz CT molecular complexity index is 509. The van der Waals surface area contributed by atoms with Gasteiger partial charge in [-0.15, -0.1) is 11.3 Å². The molecule has 0 spiro atoms. The van der Waals surface area contributed by atoms with Crippen molar-refractivity contribution in [3.8, 4) is 0 Å². The average molecular weight is 380 g/mol. The Morgan fingerprint density at radius 2 is 2.29 bits per heavy atom. The first-order valence-corrected chi connectivity index (χ1v) is 7.57. The van der Waals surface area contributed by atoms with Gasteiger partial charge < -0.3 is 5.11 Å². The normalized spacial score (nSPS) is 12.9. The molecule has 92 valence electrons. The van der Waals surface area contributed by atoms with E-state index in [1.807, 2.05) is 25.5 Å². The quantitative estimate of drug-likeness (QED) is 0.879. The summed E-state index contributed by atoms with van der Waals surface area (Å²) in [5, 5.41) is 14.2. The summed E-state index contributed by atoms with van der Waals surface area (Å²) in [6, 6.07) is 1.96. The molecule has 0 aliphatic rings. The Kier molecular flexibility index (Phi) is 4.41. The number of hydrogen-bond donors (Lipinski definition) is 1. The van der Waals surface area contributed by atoms with Gasteiger partial charge in [0.15, 0.2) is 0 Å². The van der Waals surface area contributed by atoms with Gasteiger partial charge in [0.05, 0.1) is 19.9 Å². The van der Waals surface area contributed by atoms with Crippen molar-refractivity contribution in [3.63, 3.8) is 0 Å². The van der Waals surface area contributed by atoms with Crippen LogP contribution >= 0.6 is 43.2 Å². The van der Waals surface area contributed by atoms with E-state index in [9.17, 15) is 5.11 Å². The van der Waals surface area contributed by atoms with Crippen LogP contribution in [-0.2, 0) is 13.5 Å². The maximum Gasteiger partial charge on any atom is 0.0812 e. The van der Waals surface area contributed by atoms with Gasteiger partial charge in [0.1, 0.15) is 0 Å². The molecule has 0 fully saturated rings. The van der Waals surface area contributed by atoms with E-state index in [-0.39, 0.29) is 0 Å². The second kappa shape index (κ2) is 5.65. The predicted octanol–water partition coefficient (Wildman–Crippen LogP) is 3.67. The molecule has 0 aliphatic carbocycles. The maximum absolute atomic E-state index is 10.1. The van der Waals surface area contributed by atoms with Crippen LogP contribution in [0.2, 0.25) is 0 Å². The van der Waals surface area contributed by atoms with Crippen LogP contribution in [0.5, 0.6) is 0 Å². The van der Waals surface area contributed by atoms with Crippen LogP contribution in [0.25, 0.3) is 0 Å². The Labute approximate surface area is 121 Å². The summed E-state index contributed by atoms with van der Waals surface area (Å²) < 4.78 is 3.79. The van der Waals surface area contributed by atoms with Gasteiger partial charge >= 0.3 is 0 Å². The lowest BCUT2D eigenvalue weighted by Gasteiger charge is -2.08. The summed E-state index contributed by atoms with van der Waals surface area (Å²) >= 11 is 8.46. The number of aryl methyl sites for hydroxylation is 2. The number of rotatable bonds is 4. The number of halogens is 2. The number of aromatic nitrogens is 2. The van der Waals surface area contributed by atoms with E-state index >= 15 is 0 Å². The van der Waals surface area contributed by atoms with Crippen molar-refractivity contribution >= 4 is 43.2 Å². The minimum atomic E-state index is -0.438. The fourth-order valence-corrected chi connectivity index (χ4v) is 4.60. The lowest BCUT2D eigenvalue weighted by molar-refractivity contribution is 0.167. The van der Waals surface area contributed by atoms with E-state index in [2.05, 4.69) is 37.0 Å². The summed E-state index contributed by atoms with van der Waals surface area (Å²) in [7, 11) is 1.90. The molecule has 1 N–H and O–H groups in total. The minimum Gasteiger partial charge on any atom is -0.388 e. The molecule has 1 atom stereocenters. The summed E-state index contributed by atoms with van der Waals surface area (Å²) in [5.74, 6) is 0. The molecular weight excluding hydrogens is 368 g/mol. The molecule has 2 rings (SSSR count). The Balaban J connectivity index is 1.97. The molecule has 2 aromatic rings. The Hall–Kier alpha value is -0.170. The fourth-order valence-electron chi connectivity index (χ4n) is 1.64. The highest BCUT2D eigenvalue weighted by Crippen LogP contribution is 2.36. The number of aliphatic hydroxyl groups is 1. The van der Waals surface area contributed by atoms with E-state index in [1.165, 1.54) is 0 Å². The van der Waals surface area contributed by atoms with Crippen LogP contribution in [0.4, 0.5) is 0 Å². The van der Waals surface area contributed by atoms with Crippen molar-refractivity contribution in [2.45, 2.75) is 18.9 Å². The third-order valence-electron chi connectivity index (χ3n) is 2.51. The van der Waals surface area contributed by atoms with Gasteiger partial charge in [0.25, 0.3) is 0 Å². The maximum atomic E-state index is 10.1. The van der Waals surface area contributed by atoms with Crippen LogP contribution < -0.4 is 0 Å². The molecule has 0 saturated heterocycles. The predicted molar refractivity (Wildman–Crippen MR) is 76.2 cm³/mol. The van der Waals surface area contributed by atoms with Crippen LogP contribution in [0, 0.1) is 0 Å². The van der Waals surface area contributed by atoms with E-state index < -0.39 is 6.10 Å². The molecule has 6 heteroatoms. The van der Waals surface area contributed by atoms with Crippen molar-refractivity contribution in [2.24, 2.45) is 7.05 Å². The van der Waals surface area contributed by atoms with E-state index in [0.29, 0.717) is 6.42 Å². The van der Waals surface area contributed by atoms with Crippen LogP contribution in [0.3, 0.4) is 0 Å². The van der Waals surface area contributed by atoms with Crippen molar-refractivity contribution in [2.75, 3.05) is 0 Å². The topological polar surface area (TPSA) is 38.0 Å². The zero-order chi connectivity index (χ0) is 12.4. The third kappa shape index (κ3) is 3.40. The van der Waals surface area contributed by atoms with Gasteiger partial charge in [-0.3, -0.25) is 4.68 Å². The third-order valence-corrected chi connectivity index (χ3v) is 4.89. The van der Waals surface area contributed by atoms with E-state index in [1.54, 1.807) is 16.0 Å². The fraction of sp³-hybridized carbons (Fsp3) is 0.364. The minimum absolute atomic E-state index is 0.438. The van der Waals surface area contributed by atoms with Crippen LogP contribution in [0.15, 0.2) is 26.0 Å². The molecular formula is C11H12Br2N2OS. The standard InChI is InChI=1S/C11H12Br2N2OS/c1-15-6-7(5-14-15)2-3-9(16)8-4-10(12)17-11(8)13/h4-6,9,16H,2-3H2,1H3. The highest BCUT2D eigenvalue weighted by molar-refractivity contribution is 9.12. The van der Waals surface area contributed by atoms with Crippen molar-refractivity contribution in [1.29, 1.82) is 0 Å². The zero-order valence-corrected chi connectivity index (χ0v) is 13.2. The summed E-state index contributed by atoms with van der Waals surface area (Å²) in [6.07, 6.45) is 4.91. The number of thiophene rings is 1. The second-order valence-corrected chi connectivity index (χ2v) is 7.61. The molecule has 2 heterocycles. The SMILES string of the molecule is Cn1cc(CCC(O)c2cc(Br)sc2Br)cn1. The molecule has 2 aromatic heterocycles. The van der Waals surface area contributed by atoms with Gasteiger partial charge in [-0.05, 0) is 56.3 Å². The van der Waals surface area contributed by atoms with Gasteiger partial charge in [-0.1, -0.05) is 0 Å². The average Bonchev–Trinajstić information content (AvgIpc) is 2.81. The number of aliphatic hydroxyl groups excluding tert-OH is 1.